The van der Waals surface area contributed by atoms with E-state index >= 15 is 0 Å². The molecule has 0 bridgehead atoms. The smallest absolute Gasteiger partial charge is 0.273 e. The molecular formula is C25H28FN5O4S. The first-order valence-corrected chi connectivity index (χ1v) is 11.9. The molecule has 0 fully saturated rings. The second-order valence-electron chi connectivity index (χ2n) is 8.93. The number of benzene rings is 2. The molecule has 3 aromatic rings. The van der Waals surface area contributed by atoms with Gasteiger partial charge < -0.3 is 21.5 Å². The van der Waals surface area contributed by atoms with Crippen LogP contribution in [0.1, 0.15) is 59.5 Å². The fourth-order valence-electron chi connectivity index (χ4n) is 3.49. The number of amides is 3. The first kappa shape index (κ1) is 26.6. The average molecular weight is 514 g/mol. The summed E-state index contributed by atoms with van der Waals surface area (Å²) in [5, 5.41) is 2.91. The summed E-state index contributed by atoms with van der Waals surface area (Å²) in [6, 6.07) is 10.7. The van der Waals surface area contributed by atoms with E-state index in [4.69, 9.17) is 16.2 Å². The van der Waals surface area contributed by atoms with Crippen molar-refractivity contribution in [3.05, 3.63) is 70.5 Å². The predicted molar refractivity (Wildman–Crippen MR) is 137 cm³/mol. The number of hydrogen-bond donors (Lipinski definition) is 3. The van der Waals surface area contributed by atoms with Crippen molar-refractivity contribution < 1.29 is 23.5 Å². The maximum atomic E-state index is 13.9. The predicted octanol–water partition coefficient (Wildman–Crippen LogP) is 3.66. The largest absolute Gasteiger partial charge is 0.494 e. The highest BCUT2D eigenvalue weighted by Gasteiger charge is 2.37. The van der Waals surface area contributed by atoms with E-state index in [9.17, 15) is 18.8 Å². The lowest BCUT2D eigenvalue weighted by atomic mass is 10.00. The van der Waals surface area contributed by atoms with Crippen molar-refractivity contribution in [2.45, 2.75) is 39.3 Å². The Morgan fingerprint density at radius 1 is 1.11 bits per heavy atom. The second kappa shape index (κ2) is 10.7. The van der Waals surface area contributed by atoms with E-state index in [2.05, 4.69) is 9.69 Å². The number of ether oxygens (including phenoxy) is 1. The average Bonchev–Trinajstić information content (AvgIpc) is 3.19. The number of halogens is 1. The number of hydrogen-bond acceptors (Lipinski definition) is 7. The number of anilines is 2. The Bertz CT molecular complexity index is 1250. The normalized spacial score (nSPS) is 12.0. The third-order valence-corrected chi connectivity index (χ3v) is 5.84. The minimum absolute atomic E-state index is 0.0763. The standard InChI is InChI=1S/C25H28FN5O4S/c1-5-35-17-12-6-14(7-13-17)20(23(33)29-25(2,3)4)31(16-10-8-15(26)9-11-16)24(34)21-18(27)19(22(28)32)30-36-21/h6-13,20H,5,27H2,1-4H3,(H2,28,32)(H,29,33)/t20-/m0/s1. The second-order valence-corrected chi connectivity index (χ2v) is 9.71. The minimum atomic E-state index is -1.18. The number of carbonyl (C=O) groups is 3. The van der Waals surface area contributed by atoms with Gasteiger partial charge in [-0.1, -0.05) is 12.1 Å². The van der Waals surface area contributed by atoms with Crippen LogP contribution in [-0.4, -0.2) is 34.2 Å². The van der Waals surface area contributed by atoms with Crippen LogP contribution in [0, 0.1) is 5.82 Å². The molecule has 5 N–H and O–H groups in total. The SMILES string of the molecule is CCOc1ccc([C@@H](C(=O)NC(C)(C)C)N(C(=O)c2snc(C(N)=O)c2N)c2ccc(F)cc2)cc1. The van der Waals surface area contributed by atoms with Gasteiger partial charge in [0.15, 0.2) is 5.69 Å². The molecule has 0 aliphatic rings. The topological polar surface area (TPSA) is 141 Å². The Kier molecular flexibility index (Phi) is 7.93. The number of primary amides is 1. The summed E-state index contributed by atoms with van der Waals surface area (Å²) < 4.78 is 23.2. The van der Waals surface area contributed by atoms with Gasteiger partial charge in [0.25, 0.3) is 11.8 Å². The lowest BCUT2D eigenvalue weighted by Gasteiger charge is -2.33. The van der Waals surface area contributed by atoms with E-state index in [-0.39, 0.29) is 21.9 Å². The summed E-state index contributed by atoms with van der Waals surface area (Å²) in [4.78, 5) is 40.4. The molecule has 0 unspecified atom stereocenters. The van der Waals surface area contributed by atoms with Crippen molar-refractivity contribution in [3.63, 3.8) is 0 Å². The first-order valence-electron chi connectivity index (χ1n) is 11.1. The van der Waals surface area contributed by atoms with Crippen molar-refractivity contribution >= 4 is 40.6 Å². The zero-order chi connectivity index (χ0) is 26.6. The Labute approximate surface area is 212 Å². The summed E-state index contributed by atoms with van der Waals surface area (Å²) in [7, 11) is 0. The van der Waals surface area contributed by atoms with Crippen molar-refractivity contribution in [3.8, 4) is 5.75 Å². The minimum Gasteiger partial charge on any atom is -0.494 e. The summed E-state index contributed by atoms with van der Waals surface area (Å²) in [6.45, 7) is 7.74. The number of nitrogens with one attached hydrogen (secondary N) is 1. The van der Waals surface area contributed by atoms with Crippen LogP contribution in [0.25, 0.3) is 0 Å². The molecule has 2 aromatic carbocycles. The lowest BCUT2D eigenvalue weighted by Crippen LogP contribution is -2.49. The van der Waals surface area contributed by atoms with Gasteiger partial charge in [0, 0.05) is 11.2 Å². The van der Waals surface area contributed by atoms with E-state index in [1.165, 1.54) is 29.2 Å². The summed E-state index contributed by atoms with van der Waals surface area (Å²) in [5.41, 5.74) is 11.0. The fraction of sp³-hybridized carbons (Fsp3) is 0.280. The van der Waals surface area contributed by atoms with Crippen LogP contribution in [-0.2, 0) is 4.79 Å². The Hall–Kier alpha value is -3.99. The van der Waals surface area contributed by atoms with Crippen LogP contribution in [0.3, 0.4) is 0 Å². The first-order chi connectivity index (χ1) is 16.9. The van der Waals surface area contributed by atoms with Crippen molar-refractivity contribution in [2.75, 3.05) is 17.2 Å². The fourth-order valence-corrected chi connectivity index (χ4v) is 4.23. The van der Waals surface area contributed by atoms with Gasteiger partial charge in [-0.05, 0) is 81.2 Å². The van der Waals surface area contributed by atoms with Gasteiger partial charge in [-0.15, -0.1) is 0 Å². The van der Waals surface area contributed by atoms with Crippen LogP contribution in [0.4, 0.5) is 15.8 Å². The highest BCUT2D eigenvalue weighted by Crippen LogP contribution is 2.34. The zero-order valence-electron chi connectivity index (χ0n) is 20.4. The van der Waals surface area contributed by atoms with E-state index in [0.29, 0.717) is 29.5 Å². The molecule has 1 atom stereocenters. The van der Waals surface area contributed by atoms with E-state index in [1.807, 2.05) is 27.7 Å². The van der Waals surface area contributed by atoms with Gasteiger partial charge in [0.2, 0.25) is 5.91 Å². The zero-order valence-corrected chi connectivity index (χ0v) is 21.2. The molecule has 190 valence electrons. The Morgan fingerprint density at radius 2 is 1.72 bits per heavy atom. The molecule has 3 rings (SSSR count). The van der Waals surface area contributed by atoms with E-state index in [0.717, 1.165) is 0 Å². The molecule has 9 nitrogen and oxygen atoms in total. The lowest BCUT2D eigenvalue weighted by molar-refractivity contribution is -0.123. The Morgan fingerprint density at radius 3 is 2.22 bits per heavy atom. The maximum absolute atomic E-state index is 13.9. The van der Waals surface area contributed by atoms with Crippen LogP contribution >= 0.6 is 11.5 Å². The molecule has 3 amide bonds. The van der Waals surface area contributed by atoms with Crippen molar-refractivity contribution in [1.29, 1.82) is 0 Å². The van der Waals surface area contributed by atoms with Gasteiger partial charge in [0.05, 0.1) is 12.3 Å². The summed E-state index contributed by atoms with van der Waals surface area (Å²) in [5.74, 6) is -2.00. The van der Waals surface area contributed by atoms with Crippen LogP contribution in [0.5, 0.6) is 5.75 Å². The van der Waals surface area contributed by atoms with Crippen molar-refractivity contribution in [2.24, 2.45) is 5.73 Å². The Balaban J connectivity index is 2.21. The molecule has 11 heteroatoms. The van der Waals surface area contributed by atoms with Crippen molar-refractivity contribution in [1.82, 2.24) is 9.69 Å². The maximum Gasteiger partial charge on any atom is 0.273 e. The van der Waals surface area contributed by atoms with Gasteiger partial charge in [-0.25, -0.2) is 4.39 Å². The summed E-state index contributed by atoms with van der Waals surface area (Å²) in [6.07, 6.45) is 0. The highest BCUT2D eigenvalue weighted by molar-refractivity contribution is 7.09. The molecule has 0 aliphatic carbocycles. The summed E-state index contributed by atoms with van der Waals surface area (Å²) >= 11 is 0.692. The number of nitrogens with two attached hydrogens (primary N) is 2. The molecule has 0 aliphatic heterocycles. The monoisotopic (exact) mass is 513 g/mol. The third-order valence-electron chi connectivity index (χ3n) is 4.99. The molecule has 36 heavy (non-hydrogen) atoms. The van der Waals surface area contributed by atoms with Gasteiger partial charge >= 0.3 is 0 Å². The van der Waals surface area contributed by atoms with Crippen LogP contribution in [0.2, 0.25) is 0 Å². The number of nitrogens with zero attached hydrogens (tertiary/aromatic N) is 2. The molecular weight excluding hydrogens is 485 g/mol. The molecule has 1 heterocycles. The highest BCUT2D eigenvalue weighted by atomic mass is 32.1. The number of rotatable bonds is 8. The van der Waals surface area contributed by atoms with Gasteiger partial charge in [0.1, 0.15) is 22.5 Å². The van der Waals surface area contributed by atoms with Crippen LogP contribution < -0.4 is 26.4 Å². The molecule has 0 radical (unpaired) electrons. The number of carbonyl (C=O) groups excluding carboxylic acids is 3. The number of nitrogen functional groups attached to an aromatic ring is 1. The van der Waals surface area contributed by atoms with Gasteiger partial charge in [-0.3, -0.25) is 19.3 Å². The number of aromatic nitrogens is 1. The molecule has 0 spiro atoms. The molecule has 0 saturated heterocycles. The molecule has 0 saturated carbocycles. The van der Waals surface area contributed by atoms with E-state index in [1.54, 1.807) is 24.3 Å². The van der Waals surface area contributed by atoms with Crippen LogP contribution in [0.15, 0.2) is 48.5 Å². The van der Waals surface area contributed by atoms with Gasteiger partial charge in [-0.2, -0.15) is 4.37 Å². The third kappa shape index (κ3) is 5.98. The van der Waals surface area contributed by atoms with E-state index < -0.39 is 35.1 Å². The quantitative estimate of drug-likeness (QED) is 0.420. The molecule has 1 aromatic heterocycles.